The van der Waals surface area contributed by atoms with Gasteiger partial charge in [0.15, 0.2) is 0 Å². The number of rotatable bonds is 2. The molecule has 0 aromatic carbocycles. The lowest BCUT2D eigenvalue weighted by Gasteiger charge is -2.41. The SMILES string of the molecule is O=C(C1CC1)C1CC2CCC1CC2. The predicted molar refractivity (Wildman–Crippen MR) is 51.3 cm³/mol. The Morgan fingerprint density at radius 2 is 1.62 bits per heavy atom. The molecule has 4 rings (SSSR count). The molecule has 4 aliphatic carbocycles. The maximum atomic E-state index is 12.0. The zero-order valence-electron chi connectivity index (χ0n) is 8.17. The lowest BCUT2D eigenvalue weighted by molar-refractivity contribution is -0.129. The van der Waals surface area contributed by atoms with Gasteiger partial charge in [-0.05, 0) is 43.9 Å². The van der Waals surface area contributed by atoms with E-state index >= 15 is 0 Å². The van der Waals surface area contributed by atoms with Crippen molar-refractivity contribution in [2.45, 2.75) is 44.9 Å². The van der Waals surface area contributed by atoms with Gasteiger partial charge in [-0.1, -0.05) is 12.8 Å². The van der Waals surface area contributed by atoms with Crippen molar-refractivity contribution in [2.75, 3.05) is 0 Å². The van der Waals surface area contributed by atoms with Crippen LogP contribution in [0.15, 0.2) is 0 Å². The fraction of sp³-hybridized carbons (Fsp3) is 0.917. The highest BCUT2D eigenvalue weighted by molar-refractivity contribution is 5.85. The summed E-state index contributed by atoms with van der Waals surface area (Å²) in [6.07, 6.45) is 9.19. The summed E-state index contributed by atoms with van der Waals surface area (Å²) >= 11 is 0. The smallest absolute Gasteiger partial charge is 0.139 e. The highest BCUT2D eigenvalue weighted by Crippen LogP contribution is 2.48. The summed E-state index contributed by atoms with van der Waals surface area (Å²) in [7, 11) is 0. The van der Waals surface area contributed by atoms with E-state index in [4.69, 9.17) is 0 Å². The Morgan fingerprint density at radius 1 is 0.923 bits per heavy atom. The van der Waals surface area contributed by atoms with E-state index in [9.17, 15) is 4.79 Å². The fourth-order valence-corrected chi connectivity index (χ4v) is 3.40. The van der Waals surface area contributed by atoms with Crippen LogP contribution in [-0.2, 0) is 4.79 Å². The minimum absolute atomic E-state index is 0.500. The van der Waals surface area contributed by atoms with E-state index in [0.29, 0.717) is 17.6 Å². The molecule has 4 saturated carbocycles. The summed E-state index contributed by atoms with van der Waals surface area (Å²) in [4.78, 5) is 12.0. The van der Waals surface area contributed by atoms with Crippen molar-refractivity contribution in [3.8, 4) is 0 Å². The van der Waals surface area contributed by atoms with Crippen molar-refractivity contribution < 1.29 is 4.79 Å². The van der Waals surface area contributed by atoms with Crippen LogP contribution in [-0.4, -0.2) is 5.78 Å². The van der Waals surface area contributed by atoms with Crippen LogP contribution in [0.1, 0.15) is 44.9 Å². The van der Waals surface area contributed by atoms with Gasteiger partial charge in [-0.25, -0.2) is 0 Å². The summed E-state index contributed by atoms with van der Waals surface area (Å²) in [5.41, 5.74) is 0. The van der Waals surface area contributed by atoms with Crippen molar-refractivity contribution in [2.24, 2.45) is 23.7 Å². The molecule has 0 N–H and O–H groups in total. The summed E-state index contributed by atoms with van der Waals surface area (Å²) in [5.74, 6) is 3.36. The van der Waals surface area contributed by atoms with Gasteiger partial charge in [-0.15, -0.1) is 0 Å². The Balaban J connectivity index is 1.73. The first kappa shape index (κ1) is 8.02. The Kier molecular flexibility index (Phi) is 1.75. The monoisotopic (exact) mass is 178 g/mol. The molecule has 1 atom stereocenters. The first-order chi connectivity index (χ1) is 6.34. The predicted octanol–water partition coefficient (Wildman–Crippen LogP) is 2.79. The molecule has 0 heterocycles. The molecule has 13 heavy (non-hydrogen) atoms. The number of ketones is 1. The van der Waals surface area contributed by atoms with E-state index in [2.05, 4.69) is 0 Å². The highest BCUT2D eigenvalue weighted by Gasteiger charge is 2.43. The lowest BCUT2D eigenvalue weighted by Crippen LogP contribution is -2.36. The Bertz CT molecular complexity index is 221. The van der Waals surface area contributed by atoms with Crippen LogP contribution in [0.2, 0.25) is 0 Å². The second kappa shape index (κ2) is 2.83. The molecule has 0 aromatic heterocycles. The quantitative estimate of drug-likeness (QED) is 0.635. The minimum atomic E-state index is 0.500. The summed E-state index contributed by atoms with van der Waals surface area (Å²) in [6, 6.07) is 0. The number of carbonyl (C=O) groups excluding carboxylic acids is 1. The van der Waals surface area contributed by atoms with Crippen LogP contribution < -0.4 is 0 Å². The molecule has 0 radical (unpaired) electrons. The zero-order chi connectivity index (χ0) is 8.84. The average molecular weight is 178 g/mol. The van der Waals surface area contributed by atoms with E-state index in [0.717, 1.165) is 11.8 Å². The Morgan fingerprint density at radius 3 is 2.08 bits per heavy atom. The molecule has 72 valence electrons. The molecular weight excluding hydrogens is 160 g/mol. The van der Waals surface area contributed by atoms with Crippen LogP contribution >= 0.6 is 0 Å². The summed E-state index contributed by atoms with van der Waals surface area (Å²) in [5, 5.41) is 0. The van der Waals surface area contributed by atoms with Crippen LogP contribution in [0.3, 0.4) is 0 Å². The zero-order valence-corrected chi connectivity index (χ0v) is 8.17. The van der Waals surface area contributed by atoms with Crippen LogP contribution in [0.25, 0.3) is 0 Å². The number of carbonyl (C=O) groups is 1. The summed E-state index contributed by atoms with van der Waals surface area (Å²) in [6.45, 7) is 0. The van der Waals surface area contributed by atoms with Crippen LogP contribution in [0, 0.1) is 23.7 Å². The molecule has 0 amide bonds. The molecule has 2 bridgehead atoms. The van der Waals surface area contributed by atoms with E-state index in [1.165, 1.54) is 44.9 Å². The fourth-order valence-electron chi connectivity index (χ4n) is 3.40. The molecule has 0 spiro atoms. The topological polar surface area (TPSA) is 17.1 Å². The first-order valence-electron chi connectivity index (χ1n) is 5.88. The Labute approximate surface area is 79.9 Å². The third kappa shape index (κ3) is 1.33. The van der Waals surface area contributed by atoms with Gasteiger partial charge in [0, 0.05) is 11.8 Å². The number of Topliss-reactive ketones (excluding diaryl/α,β-unsaturated/α-hetero) is 1. The molecule has 4 fully saturated rings. The van der Waals surface area contributed by atoms with E-state index < -0.39 is 0 Å². The lowest BCUT2D eigenvalue weighted by atomic mass is 9.63. The van der Waals surface area contributed by atoms with Gasteiger partial charge < -0.3 is 0 Å². The number of hydrogen-bond acceptors (Lipinski definition) is 1. The maximum Gasteiger partial charge on any atom is 0.139 e. The van der Waals surface area contributed by atoms with Gasteiger partial charge in [0.25, 0.3) is 0 Å². The van der Waals surface area contributed by atoms with Gasteiger partial charge in [0.1, 0.15) is 5.78 Å². The molecule has 0 saturated heterocycles. The normalized spacial score (nSPS) is 43.5. The van der Waals surface area contributed by atoms with Gasteiger partial charge in [0.2, 0.25) is 0 Å². The van der Waals surface area contributed by atoms with E-state index in [1.807, 2.05) is 0 Å². The number of fused-ring (bicyclic) bond motifs is 3. The van der Waals surface area contributed by atoms with Crippen molar-refractivity contribution >= 4 is 5.78 Å². The molecule has 1 heteroatoms. The average Bonchev–Trinajstić information content (AvgIpc) is 3.02. The Hall–Kier alpha value is -0.330. The van der Waals surface area contributed by atoms with Gasteiger partial charge in [-0.2, -0.15) is 0 Å². The van der Waals surface area contributed by atoms with Crippen LogP contribution in [0.4, 0.5) is 0 Å². The van der Waals surface area contributed by atoms with E-state index in [-0.39, 0.29) is 0 Å². The largest absolute Gasteiger partial charge is 0.299 e. The molecule has 1 nitrogen and oxygen atoms in total. The molecular formula is C12H18O. The standard InChI is InChI=1S/C12H18O/c13-12(10-5-6-10)11-7-8-1-3-9(11)4-2-8/h8-11H,1-7H2. The van der Waals surface area contributed by atoms with Crippen molar-refractivity contribution in [1.29, 1.82) is 0 Å². The van der Waals surface area contributed by atoms with Crippen molar-refractivity contribution in [3.05, 3.63) is 0 Å². The van der Waals surface area contributed by atoms with Crippen LogP contribution in [0.5, 0.6) is 0 Å². The molecule has 1 unspecified atom stereocenters. The molecule has 4 aliphatic rings. The highest BCUT2D eigenvalue weighted by atomic mass is 16.1. The number of hydrogen-bond donors (Lipinski definition) is 0. The van der Waals surface area contributed by atoms with Crippen molar-refractivity contribution in [3.63, 3.8) is 0 Å². The minimum Gasteiger partial charge on any atom is -0.299 e. The third-order valence-electron chi connectivity index (χ3n) is 4.39. The van der Waals surface area contributed by atoms with Gasteiger partial charge in [-0.3, -0.25) is 4.79 Å². The molecule has 0 aromatic rings. The molecule has 0 aliphatic heterocycles. The summed E-state index contributed by atoms with van der Waals surface area (Å²) < 4.78 is 0. The second-order valence-electron chi connectivity index (χ2n) is 5.30. The van der Waals surface area contributed by atoms with Crippen molar-refractivity contribution in [1.82, 2.24) is 0 Å². The first-order valence-corrected chi connectivity index (χ1v) is 5.88. The maximum absolute atomic E-state index is 12.0. The van der Waals surface area contributed by atoms with Gasteiger partial charge >= 0.3 is 0 Å². The second-order valence-corrected chi connectivity index (χ2v) is 5.30. The van der Waals surface area contributed by atoms with Gasteiger partial charge in [0.05, 0.1) is 0 Å². The third-order valence-corrected chi connectivity index (χ3v) is 4.39. The van der Waals surface area contributed by atoms with E-state index in [1.54, 1.807) is 0 Å².